The van der Waals surface area contributed by atoms with E-state index in [4.69, 9.17) is 9.47 Å². The number of esters is 1. The third-order valence-corrected chi connectivity index (χ3v) is 8.85. The Morgan fingerprint density at radius 3 is 2.47 bits per heavy atom. The Hall–Kier alpha value is -2.96. The van der Waals surface area contributed by atoms with Crippen molar-refractivity contribution in [3.05, 3.63) is 45.8 Å². The molecule has 0 bridgehead atoms. The van der Waals surface area contributed by atoms with Gasteiger partial charge in [0.05, 0.1) is 30.7 Å². The van der Waals surface area contributed by atoms with Crippen molar-refractivity contribution in [2.75, 3.05) is 39.2 Å². The van der Waals surface area contributed by atoms with Crippen LogP contribution in [0.15, 0.2) is 29.2 Å². The zero-order valence-electron chi connectivity index (χ0n) is 20.8. The standard InChI is InChI=1S/C24H31N3O7S2/c1-5-7-13-26(3)36(31,32)17-10-8-16(9-11-17)21(28)25-22-20(23(29)33-4)18-12-14-27(15-19(18)35-22)24(30)34-6-2/h8-11H,5-7,12-15H2,1-4H3,(H,25,28). The molecule has 10 nitrogen and oxygen atoms in total. The molecule has 0 fully saturated rings. The number of sulfonamides is 1. The normalized spacial score (nSPS) is 13.3. The zero-order chi connectivity index (χ0) is 26.5. The highest BCUT2D eigenvalue weighted by atomic mass is 32.2. The molecule has 1 aliphatic rings. The summed E-state index contributed by atoms with van der Waals surface area (Å²) in [4.78, 5) is 40.1. The quantitative estimate of drug-likeness (QED) is 0.484. The van der Waals surface area contributed by atoms with Crippen LogP contribution in [0, 0.1) is 0 Å². The number of hydrogen-bond acceptors (Lipinski definition) is 8. The summed E-state index contributed by atoms with van der Waals surface area (Å²) in [6.45, 7) is 5.03. The molecule has 1 aromatic carbocycles. The number of fused-ring (bicyclic) bond motifs is 1. The van der Waals surface area contributed by atoms with Gasteiger partial charge in [-0.25, -0.2) is 22.3 Å². The fourth-order valence-corrected chi connectivity index (χ4v) is 6.27. The van der Waals surface area contributed by atoms with E-state index in [1.165, 1.54) is 54.1 Å². The summed E-state index contributed by atoms with van der Waals surface area (Å²) >= 11 is 1.20. The van der Waals surface area contributed by atoms with Crippen LogP contribution in [0.4, 0.5) is 9.80 Å². The summed E-state index contributed by atoms with van der Waals surface area (Å²) in [6.07, 6.45) is 1.61. The van der Waals surface area contributed by atoms with Gasteiger partial charge >= 0.3 is 12.1 Å². The maximum atomic E-state index is 13.0. The van der Waals surface area contributed by atoms with Crippen LogP contribution < -0.4 is 5.32 Å². The molecule has 1 aromatic heterocycles. The lowest BCUT2D eigenvalue weighted by Crippen LogP contribution is -2.36. The highest BCUT2D eigenvalue weighted by Crippen LogP contribution is 2.38. The third-order valence-electron chi connectivity index (χ3n) is 5.85. The summed E-state index contributed by atoms with van der Waals surface area (Å²) in [7, 11) is -0.857. The molecule has 1 aliphatic heterocycles. The number of ether oxygens (including phenoxy) is 2. The van der Waals surface area contributed by atoms with Gasteiger partial charge in [0, 0.05) is 30.6 Å². The van der Waals surface area contributed by atoms with Crippen LogP contribution >= 0.6 is 11.3 Å². The van der Waals surface area contributed by atoms with Crippen molar-refractivity contribution in [1.82, 2.24) is 9.21 Å². The first-order valence-electron chi connectivity index (χ1n) is 11.7. The van der Waals surface area contributed by atoms with Crippen LogP contribution in [-0.4, -0.2) is 69.4 Å². The molecule has 2 aromatic rings. The Kier molecular flexibility index (Phi) is 9.09. The van der Waals surface area contributed by atoms with Crippen molar-refractivity contribution in [3.8, 4) is 0 Å². The first-order valence-corrected chi connectivity index (χ1v) is 13.9. The molecular formula is C24H31N3O7S2. The second-order valence-corrected chi connectivity index (χ2v) is 11.4. The van der Waals surface area contributed by atoms with Crippen LogP contribution in [0.5, 0.6) is 0 Å². The molecule has 0 saturated carbocycles. The average Bonchev–Trinajstić information content (AvgIpc) is 3.23. The van der Waals surface area contributed by atoms with Gasteiger partial charge in [-0.1, -0.05) is 13.3 Å². The van der Waals surface area contributed by atoms with Gasteiger partial charge in [0.15, 0.2) is 0 Å². The molecule has 2 amide bonds. The van der Waals surface area contributed by atoms with Crippen LogP contribution in [0.3, 0.4) is 0 Å². The highest BCUT2D eigenvalue weighted by Gasteiger charge is 2.31. The van der Waals surface area contributed by atoms with Gasteiger partial charge in [0.25, 0.3) is 5.91 Å². The summed E-state index contributed by atoms with van der Waals surface area (Å²) in [6, 6.07) is 5.66. The minimum Gasteiger partial charge on any atom is -0.465 e. The Balaban J connectivity index is 1.82. The van der Waals surface area contributed by atoms with E-state index in [1.54, 1.807) is 11.8 Å². The van der Waals surface area contributed by atoms with Gasteiger partial charge in [0.1, 0.15) is 5.00 Å². The number of rotatable bonds is 9. The topological polar surface area (TPSA) is 122 Å². The average molecular weight is 538 g/mol. The first kappa shape index (κ1) is 27.6. The van der Waals surface area contributed by atoms with Crippen molar-refractivity contribution in [2.45, 2.75) is 44.6 Å². The van der Waals surface area contributed by atoms with Crippen LogP contribution in [-0.2, 0) is 32.5 Å². The molecular weight excluding hydrogens is 506 g/mol. The summed E-state index contributed by atoms with van der Waals surface area (Å²) in [5.41, 5.74) is 1.24. The lowest BCUT2D eigenvalue weighted by Gasteiger charge is -2.26. The molecule has 2 heterocycles. The molecule has 0 aliphatic carbocycles. The first-order chi connectivity index (χ1) is 17.1. The van der Waals surface area contributed by atoms with Crippen LogP contribution in [0.2, 0.25) is 0 Å². The van der Waals surface area contributed by atoms with Crippen molar-refractivity contribution in [3.63, 3.8) is 0 Å². The van der Waals surface area contributed by atoms with E-state index < -0.39 is 28.0 Å². The second-order valence-electron chi connectivity index (χ2n) is 8.23. The number of methoxy groups -OCH3 is 1. The summed E-state index contributed by atoms with van der Waals surface area (Å²) in [5, 5.41) is 3.08. The molecule has 3 rings (SSSR count). The van der Waals surface area contributed by atoms with Gasteiger partial charge in [-0.05, 0) is 49.6 Å². The Morgan fingerprint density at radius 2 is 1.86 bits per heavy atom. The summed E-state index contributed by atoms with van der Waals surface area (Å²) in [5.74, 6) is -1.08. The fraction of sp³-hybridized carbons (Fsp3) is 0.458. The van der Waals surface area contributed by atoms with Crippen molar-refractivity contribution < 1.29 is 32.3 Å². The molecule has 0 radical (unpaired) electrons. The van der Waals surface area contributed by atoms with E-state index in [1.807, 2.05) is 6.92 Å². The molecule has 0 saturated heterocycles. The SMILES string of the molecule is CCCCN(C)S(=O)(=O)c1ccc(C(=O)Nc2sc3c(c2C(=O)OC)CCN(C(=O)OCC)C3)cc1. The Bertz CT molecular complexity index is 1220. The predicted molar refractivity (Wildman–Crippen MR) is 136 cm³/mol. The number of benzene rings is 1. The number of anilines is 1. The number of nitrogens with zero attached hydrogens (tertiary/aromatic N) is 2. The molecule has 0 atom stereocenters. The van der Waals surface area contributed by atoms with Crippen LogP contribution in [0.25, 0.3) is 0 Å². The molecule has 196 valence electrons. The van der Waals surface area contributed by atoms with E-state index in [0.717, 1.165) is 23.3 Å². The Labute approximate surface area is 215 Å². The fourth-order valence-electron chi connectivity index (χ4n) is 3.81. The molecule has 0 spiro atoms. The van der Waals surface area contributed by atoms with Gasteiger partial charge in [-0.2, -0.15) is 0 Å². The minimum atomic E-state index is -3.65. The van der Waals surface area contributed by atoms with Gasteiger partial charge in [-0.3, -0.25) is 4.79 Å². The monoisotopic (exact) mass is 537 g/mol. The van der Waals surface area contributed by atoms with Crippen LogP contribution in [0.1, 0.15) is 57.8 Å². The number of amides is 2. The number of nitrogens with one attached hydrogen (secondary N) is 1. The number of thiophene rings is 1. The largest absolute Gasteiger partial charge is 0.465 e. The van der Waals surface area contributed by atoms with E-state index in [-0.39, 0.29) is 29.2 Å². The van der Waals surface area contributed by atoms with Crippen molar-refractivity contribution >= 4 is 44.3 Å². The van der Waals surface area contributed by atoms with E-state index in [0.29, 0.717) is 24.5 Å². The number of carbonyl (C=O) groups is 3. The van der Waals surface area contributed by atoms with Gasteiger partial charge < -0.3 is 19.7 Å². The maximum Gasteiger partial charge on any atom is 0.410 e. The number of carbonyl (C=O) groups excluding carboxylic acids is 3. The highest BCUT2D eigenvalue weighted by molar-refractivity contribution is 7.89. The molecule has 36 heavy (non-hydrogen) atoms. The van der Waals surface area contributed by atoms with Gasteiger partial charge in [-0.15, -0.1) is 11.3 Å². The molecule has 1 N–H and O–H groups in total. The van der Waals surface area contributed by atoms with Crippen molar-refractivity contribution in [2.24, 2.45) is 0 Å². The molecule has 0 unspecified atom stereocenters. The number of unbranched alkanes of at least 4 members (excludes halogenated alkanes) is 1. The van der Waals surface area contributed by atoms with E-state index in [9.17, 15) is 22.8 Å². The van der Waals surface area contributed by atoms with Gasteiger partial charge in [0.2, 0.25) is 10.0 Å². The summed E-state index contributed by atoms with van der Waals surface area (Å²) < 4.78 is 36.8. The maximum absolute atomic E-state index is 13.0. The Morgan fingerprint density at radius 1 is 1.17 bits per heavy atom. The second kappa shape index (κ2) is 11.8. The minimum absolute atomic E-state index is 0.0959. The smallest absolute Gasteiger partial charge is 0.410 e. The van der Waals surface area contributed by atoms with E-state index in [2.05, 4.69) is 5.32 Å². The predicted octanol–water partition coefficient (Wildman–Crippen LogP) is 3.72. The number of hydrogen-bond donors (Lipinski definition) is 1. The third kappa shape index (κ3) is 5.88. The lowest BCUT2D eigenvalue weighted by atomic mass is 10.0. The van der Waals surface area contributed by atoms with Crippen molar-refractivity contribution in [1.29, 1.82) is 0 Å². The lowest BCUT2D eigenvalue weighted by molar-refractivity contribution is 0.0600. The van der Waals surface area contributed by atoms with E-state index >= 15 is 0 Å². The molecule has 12 heteroatoms. The zero-order valence-corrected chi connectivity index (χ0v) is 22.5.